The van der Waals surface area contributed by atoms with Gasteiger partial charge >= 0.3 is 0 Å². The maximum atomic E-state index is 12.0. The van der Waals surface area contributed by atoms with Crippen LogP contribution >= 0.6 is 0 Å². The number of aromatic nitrogens is 2. The summed E-state index contributed by atoms with van der Waals surface area (Å²) in [5.74, 6) is 0.565. The molecule has 1 N–H and O–H groups in total. The van der Waals surface area contributed by atoms with Crippen molar-refractivity contribution >= 4 is 16.8 Å². The van der Waals surface area contributed by atoms with Gasteiger partial charge in [0.2, 0.25) is 0 Å². The van der Waals surface area contributed by atoms with E-state index in [1.165, 1.54) is 0 Å². The number of pyridine rings is 1. The lowest BCUT2D eigenvalue weighted by Crippen LogP contribution is -2.30. The van der Waals surface area contributed by atoms with E-state index in [2.05, 4.69) is 14.9 Å². The van der Waals surface area contributed by atoms with Gasteiger partial charge in [-0.05, 0) is 30.3 Å². The number of carbonyl (C=O) groups is 1. The quantitative estimate of drug-likeness (QED) is 0.642. The second-order valence-corrected chi connectivity index (χ2v) is 5.90. The number of ether oxygens (including phenoxy) is 2. The third kappa shape index (κ3) is 4.61. The highest BCUT2D eigenvalue weighted by Gasteiger charge is 2.08. The Morgan fingerprint density at radius 1 is 1.19 bits per heavy atom. The van der Waals surface area contributed by atoms with E-state index in [4.69, 9.17) is 9.47 Å². The Balaban J connectivity index is 1.52. The SMILES string of the molecule is COCCn1ccc2c(OCC(=O)NCCc3ccccn3)cccc21. The van der Waals surface area contributed by atoms with Gasteiger partial charge in [0.05, 0.1) is 12.1 Å². The minimum absolute atomic E-state index is 0.00934. The standard InChI is InChI=1S/C20H23N3O3/c1-25-14-13-23-12-9-17-18(23)6-4-7-19(17)26-15-20(24)22-11-8-16-5-2-3-10-21-16/h2-7,9-10,12H,8,11,13-15H2,1H3,(H,22,24). The summed E-state index contributed by atoms with van der Waals surface area (Å²) in [7, 11) is 1.69. The van der Waals surface area contributed by atoms with Gasteiger partial charge in [-0.2, -0.15) is 0 Å². The van der Waals surface area contributed by atoms with Crippen LogP contribution in [-0.4, -0.2) is 42.3 Å². The summed E-state index contributed by atoms with van der Waals surface area (Å²) in [6.07, 6.45) is 4.45. The summed E-state index contributed by atoms with van der Waals surface area (Å²) in [5, 5.41) is 3.85. The predicted octanol–water partition coefficient (Wildman–Crippen LogP) is 2.42. The van der Waals surface area contributed by atoms with Crippen LogP contribution in [0.3, 0.4) is 0 Å². The zero-order valence-electron chi connectivity index (χ0n) is 14.9. The second-order valence-electron chi connectivity index (χ2n) is 5.90. The Bertz CT molecular complexity index is 846. The summed E-state index contributed by atoms with van der Waals surface area (Å²) in [4.78, 5) is 16.2. The average molecular weight is 353 g/mol. The number of rotatable bonds is 9. The molecule has 0 spiro atoms. The fourth-order valence-electron chi connectivity index (χ4n) is 2.78. The summed E-state index contributed by atoms with van der Waals surface area (Å²) in [6.45, 7) is 1.95. The lowest BCUT2D eigenvalue weighted by atomic mass is 10.2. The predicted molar refractivity (Wildman–Crippen MR) is 100 cm³/mol. The van der Waals surface area contributed by atoms with Crippen molar-refractivity contribution in [2.24, 2.45) is 0 Å². The van der Waals surface area contributed by atoms with Crippen LogP contribution in [0, 0.1) is 0 Å². The minimum atomic E-state index is -0.142. The van der Waals surface area contributed by atoms with Crippen LogP contribution in [0.15, 0.2) is 54.9 Å². The van der Waals surface area contributed by atoms with Gasteiger partial charge < -0.3 is 19.4 Å². The number of hydrogen-bond acceptors (Lipinski definition) is 4. The van der Waals surface area contributed by atoms with Crippen molar-refractivity contribution in [3.05, 3.63) is 60.6 Å². The summed E-state index contributed by atoms with van der Waals surface area (Å²) in [6, 6.07) is 13.6. The first kappa shape index (κ1) is 17.9. The van der Waals surface area contributed by atoms with Gasteiger partial charge in [0.15, 0.2) is 6.61 Å². The van der Waals surface area contributed by atoms with Crippen LogP contribution < -0.4 is 10.1 Å². The largest absolute Gasteiger partial charge is 0.483 e. The molecule has 0 aliphatic heterocycles. The van der Waals surface area contributed by atoms with Gasteiger partial charge in [-0.3, -0.25) is 9.78 Å². The number of hydrogen-bond donors (Lipinski definition) is 1. The maximum absolute atomic E-state index is 12.0. The van der Waals surface area contributed by atoms with Crippen LogP contribution in [0.25, 0.3) is 10.9 Å². The van der Waals surface area contributed by atoms with E-state index in [0.717, 1.165) is 23.1 Å². The molecule has 0 unspecified atom stereocenters. The van der Waals surface area contributed by atoms with E-state index in [1.54, 1.807) is 13.3 Å². The van der Waals surface area contributed by atoms with Gasteiger partial charge in [-0.1, -0.05) is 12.1 Å². The fraction of sp³-hybridized carbons (Fsp3) is 0.300. The highest BCUT2D eigenvalue weighted by Crippen LogP contribution is 2.26. The van der Waals surface area contributed by atoms with Gasteiger partial charge in [0.25, 0.3) is 5.91 Å². The van der Waals surface area contributed by atoms with Crippen molar-refractivity contribution in [3.63, 3.8) is 0 Å². The Morgan fingerprint density at radius 3 is 2.92 bits per heavy atom. The number of methoxy groups -OCH3 is 1. The van der Waals surface area contributed by atoms with Crippen molar-refractivity contribution in [1.29, 1.82) is 0 Å². The molecule has 136 valence electrons. The first-order valence-corrected chi connectivity index (χ1v) is 8.64. The van der Waals surface area contributed by atoms with Crippen molar-refractivity contribution in [3.8, 4) is 5.75 Å². The van der Waals surface area contributed by atoms with Crippen molar-refractivity contribution in [2.75, 3.05) is 26.9 Å². The van der Waals surface area contributed by atoms with Crippen LogP contribution in [0.5, 0.6) is 5.75 Å². The molecular weight excluding hydrogens is 330 g/mol. The fourth-order valence-corrected chi connectivity index (χ4v) is 2.78. The molecule has 6 nitrogen and oxygen atoms in total. The van der Waals surface area contributed by atoms with Crippen LogP contribution in [0.1, 0.15) is 5.69 Å². The van der Waals surface area contributed by atoms with Crippen LogP contribution in [-0.2, 0) is 22.5 Å². The minimum Gasteiger partial charge on any atom is -0.483 e. The Hall–Kier alpha value is -2.86. The first-order valence-electron chi connectivity index (χ1n) is 8.64. The molecule has 0 saturated carbocycles. The zero-order valence-corrected chi connectivity index (χ0v) is 14.9. The monoisotopic (exact) mass is 353 g/mol. The van der Waals surface area contributed by atoms with Crippen molar-refractivity contribution < 1.29 is 14.3 Å². The Kier molecular flexibility index (Phi) is 6.22. The van der Waals surface area contributed by atoms with E-state index in [1.807, 2.05) is 48.7 Å². The molecule has 0 bridgehead atoms. The zero-order chi connectivity index (χ0) is 18.2. The Labute approximate surface area is 152 Å². The molecule has 1 amide bonds. The molecule has 0 atom stereocenters. The smallest absolute Gasteiger partial charge is 0.257 e. The van der Waals surface area contributed by atoms with Crippen molar-refractivity contribution in [2.45, 2.75) is 13.0 Å². The molecule has 0 aliphatic rings. The van der Waals surface area contributed by atoms with E-state index in [-0.39, 0.29) is 12.5 Å². The summed E-state index contributed by atoms with van der Waals surface area (Å²) < 4.78 is 13.0. The third-order valence-corrected chi connectivity index (χ3v) is 4.10. The molecule has 2 heterocycles. The first-order chi connectivity index (χ1) is 12.8. The molecule has 3 rings (SSSR count). The summed E-state index contributed by atoms with van der Waals surface area (Å²) >= 11 is 0. The molecule has 0 aliphatic carbocycles. The van der Waals surface area contributed by atoms with Gasteiger partial charge in [0, 0.05) is 50.1 Å². The average Bonchev–Trinajstić information content (AvgIpc) is 3.09. The molecule has 0 fully saturated rings. The maximum Gasteiger partial charge on any atom is 0.257 e. The lowest BCUT2D eigenvalue weighted by Gasteiger charge is -2.09. The van der Waals surface area contributed by atoms with E-state index in [0.29, 0.717) is 25.3 Å². The molecule has 26 heavy (non-hydrogen) atoms. The van der Waals surface area contributed by atoms with E-state index in [9.17, 15) is 4.79 Å². The van der Waals surface area contributed by atoms with Crippen molar-refractivity contribution in [1.82, 2.24) is 14.9 Å². The van der Waals surface area contributed by atoms with Gasteiger partial charge in [-0.15, -0.1) is 0 Å². The summed E-state index contributed by atoms with van der Waals surface area (Å²) in [5.41, 5.74) is 2.02. The highest BCUT2D eigenvalue weighted by molar-refractivity contribution is 5.87. The molecule has 6 heteroatoms. The topological polar surface area (TPSA) is 65.4 Å². The molecule has 0 saturated heterocycles. The molecular formula is C20H23N3O3. The van der Waals surface area contributed by atoms with E-state index < -0.39 is 0 Å². The molecule has 2 aromatic heterocycles. The number of amides is 1. The second kappa shape index (κ2) is 9.01. The van der Waals surface area contributed by atoms with Crippen LogP contribution in [0.2, 0.25) is 0 Å². The third-order valence-electron chi connectivity index (χ3n) is 4.10. The molecule has 3 aromatic rings. The normalized spacial score (nSPS) is 10.8. The number of benzene rings is 1. The number of fused-ring (bicyclic) bond motifs is 1. The molecule has 0 radical (unpaired) electrons. The van der Waals surface area contributed by atoms with E-state index >= 15 is 0 Å². The van der Waals surface area contributed by atoms with Crippen LogP contribution in [0.4, 0.5) is 0 Å². The number of nitrogens with zero attached hydrogens (tertiary/aromatic N) is 2. The van der Waals surface area contributed by atoms with Gasteiger partial charge in [0.1, 0.15) is 5.75 Å². The molecule has 1 aromatic carbocycles. The lowest BCUT2D eigenvalue weighted by molar-refractivity contribution is -0.123. The number of carbonyl (C=O) groups excluding carboxylic acids is 1. The Morgan fingerprint density at radius 2 is 2.12 bits per heavy atom. The number of nitrogens with one attached hydrogen (secondary N) is 1. The highest BCUT2D eigenvalue weighted by atomic mass is 16.5. The van der Waals surface area contributed by atoms with Gasteiger partial charge in [-0.25, -0.2) is 0 Å².